The second kappa shape index (κ2) is 7.05. The fourth-order valence-corrected chi connectivity index (χ4v) is 3.52. The van der Waals surface area contributed by atoms with Crippen molar-refractivity contribution >= 4 is 44.9 Å². The molecule has 0 saturated heterocycles. The van der Waals surface area contributed by atoms with Gasteiger partial charge in [-0.3, -0.25) is 14.9 Å². The molecule has 27 heavy (non-hydrogen) atoms. The number of rotatable bonds is 4. The lowest BCUT2D eigenvalue weighted by atomic mass is 10.1. The normalized spacial score (nSPS) is 10.7. The van der Waals surface area contributed by atoms with Gasteiger partial charge in [-0.2, -0.15) is 0 Å². The number of H-pyrrole nitrogens is 1. The molecule has 0 aliphatic rings. The zero-order chi connectivity index (χ0) is 18.8. The van der Waals surface area contributed by atoms with E-state index in [1.165, 1.54) is 18.3 Å². The third kappa shape index (κ3) is 3.58. The molecule has 0 radical (unpaired) electrons. The average Bonchev–Trinajstić information content (AvgIpc) is 3.28. The molecule has 0 aliphatic carbocycles. The van der Waals surface area contributed by atoms with E-state index in [1.807, 2.05) is 35.8 Å². The fraction of sp³-hybridized carbons (Fsp3) is 0.0500. The summed E-state index contributed by atoms with van der Waals surface area (Å²) in [7, 11) is 0. The summed E-state index contributed by atoms with van der Waals surface area (Å²) in [6, 6.07) is 14.7. The van der Waals surface area contributed by atoms with E-state index in [0.717, 1.165) is 22.2 Å². The number of hydrogen-bond acceptors (Lipinski definition) is 4. The van der Waals surface area contributed by atoms with E-state index < -0.39 is 0 Å². The number of benzene rings is 2. The number of hydrogen-bond donors (Lipinski definition) is 3. The van der Waals surface area contributed by atoms with Gasteiger partial charge >= 0.3 is 0 Å². The lowest BCUT2D eigenvalue weighted by Gasteiger charge is -2.04. The Morgan fingerprint density at radius 2 is 1.81 bits per heavy atom. The van der Waals surface area contributed by atoms with Crippen LogP contribution in [0.5, 0.6) is 0 Å². The topological polar surface area (TPSA) is 86.9 Å². The molecule has 4 rings (SSSR count). The van der Waals surface area contributed by atoms with Gasteiger partial charge in [0, 0.05) is 46.2 Å². The molecule has 0 spiro atoms. The van der Waals surface area contributed by atoms with Gasteiger partial charge in [-0.05, 0) is 30.3 Å². The molecule has 4 aromatic rings. The maximum Gasteiger partial charge on any atom is 0.257 e. The Balaban J connectivity index is 1.50. The predicted molar refractivity (Wildman–Crippen MR) is 108 cm³/mol. The van der Waals surface area contributed by atoms with E-state index in [0.29, 0.717) is 16.4 Å². The summed E-state index contributed by atoms with van der Waals surface area (Å²) < 4.78 is 0. The first-order chi connectivity index (χ1) is 13.1. The van der Waals surface area contributed by atoms with Crippen molar-refractivity contribution in [2.24, 2.45) is 0 Å². The van der Waals surface area contributed by atoms with Gasteiger partial charge in [-0.25, -0.2) is 4.98 Å². The van der Waals surface area contributed by atoms with Crippen LogP contribution in [0, 0.1) is 0 Å². The number of amides is 2. The molecule has 3 N–H and O–H groups in total. The summed E-state index contributed by atoms with van der Waals surface area (Å²) in [6.07, 6.45) is 1.92. The minimum Gasteiger partial charge on any atom is -0.360 e. The Morgan fingerprint density at radius 1 is 1.04 bits per heavy atom. The number of aromatic nitrogens is 2. The average molecular weight is 376 g/mol. The van der Waals surface area contributed by atoms with Crippen LogP contribution in [0.25, 0.3) is 22.2 Å². The molecule has 134 valence electrons. The van der Waals surface area contributed by atoms with Crippen molar-refractivity contribution in [3.8, 4) is 11.3 Å². The highest BCUT2D eigenvalue weighted by Gasteiger charge is 2.12. The first kappa shape index (κ1) is 17.0. The van der Waals surface area contributed by atoms with Gasteiger partial charge in [0.15, 0.2) is 5.13 Å². The summed E-state index contributed by atoms with van der Waals surface area (Å²) in [6.45, 7) is 1.44. The number of para-hydroxylation sites is 1. The smallest absolute Gasteiger partial charge is 0.257 e. The zero-order valence-electron chi connectivity index (χ0n) is 14.4. The SMILES string of the molecule is CC(=O)Nc1ccc(C(=O)Nc2nc(-c3c[nH]c4ccccc34)cs2)cc1. The van der Waals surface area contributed by atoms with Crippen molar-refractivity contribution in [2.45, 2.75) is 6.92 Å². The first-order valence-electron chi connectivity index (χ1n) is 8.31. The van der Waals surface area contributed by atoms with Crippen LogP contribution < -0.4 is 10.6 Å². The fourth-order valence-electron chi connectivity index (χ4n) is 2.82. The van der Waals surface area contributed by atoms with E-state index >= 15 is 0 Å². The van der Waals surface area contributed by atoms with Crippen LogP contribution in [-0.2, 0) is 4.79 Å². The van der Waals surface area contributed by atoms with E-state index in [2.05, 4.69) is 20.6 Å². The van der Waals surface area contributed by atoms with E-state index in [-0.39, 0.29) is 11.8 Å². The molecule has 2 heterocycles. The first-order valence-corrected chi connectivity index (χ1v) is 9.19. The molecular formula is C20H16N4O2S. The van der Waals surface area contributed by atoms with Crippen molar-refractivity contribution in [3.05, 3.63) is 65.7 Å². The Bertz CT molecular complexity index is 1130. The van der Waals surface area contributed by atoms with Gasteiger partial charge in [-0.15, -0.1) is 11.3 Å². The number of thiazole rings is 1. The van der Waals surface area contributed by atoms with Gasteiger partial charge in [0.05, 0.1) is 5.69 Å². The Kier molecular flexibility index (Phi) is 4.43. The maximum absolute atomic E-state index is 12.4. The molecule has 0 saturated carbocycles. The molecule has 0 bridgehead atoms. The summed E-state index contributed by atoms with van der Waals surface area (Å²) in [5, 5.41) is 9.04. The van der Waals surface area contributed by atoms with E-state index in [9.17, 15) is 9.59 Å². The van der Waals surface area contributed by atoms with Crippen molar-refractivity contribution in [3.63, 3.8) is 0 Å². The number of anilines is 2. The van der Waals surface area contributed by atoms with Crippen LogP contribution >= 0.6 is 11.3 Å². The highest BCUT2D eigenvalue weighted by atomic mass is 32.1. The quantitative estimate of drug-likeness (QED) is 0.490. The molecule has 7 heteroatoms. The number of nitrogens with zero attached hydrogens (tertiary/aromatic N) is 1. The van der Waals surface area contributed by atoms with Crippen molar-refractivity contribution in [1.82, 2.24) is 9.97 Å². The van der Waals surface area contributed by atoms with Crippen molar-refractivity contribution in [1.29, 1.82) is 0 Å². The predicted octanol–water partition coefficient (Wildman–Crippen LogP) is 4.50. The molecule has 0 unspecified atom stereocenters. The van der Waals surface area contributed by atoms with Crippen LogP contribution in [0.4, 0.5) is 10.8 Å². The largest absolute Gasteiger partial charge is 0.360 e. The summed E-state index contributed by atoms with van der Waals surface area (Å²) >= 11 is 1.38. The lowest BCUT2D eigenvalue weighted by Crippen LogP contribution is -2.12. The minimum absolute atomic E-state index is 0.153. The Labute approximate surface area is 159 Å². The third-order valence-corrected chi connectivity index (χ3v) is 4.82. The van der Waals surface area contributed by atoms with Gasteiger partial charge < -0.3 is 10.3 Å². The molecule has 0 atom stereocenters. The van der Waals surface area contributed by atoms with E-state index in [1.54, 1.807) is 24.3 Å². The number of fused-ring (bicyclic) bond motifs is 1. The highest BCUT2D eigenvalue weighted by Crippen LogP contribution is 2.31. The van der Waals surface area contributed by atoms with Crippen LogP contribution in [0.15, 0.2) is 60.1 Å². The van der Waals surface area contributed by atoms with Gasteiger partial charge in [0.1, 0.15) is 0 Å². The molecule has 0 aliphatic heterocycles. The minimum atomic E-state index is -0.246. The maximum atomic E-state index is 12.4. The lowest BCUT2D eigenvalue weighted by molar-refractivity contribution is -0.114. The molecule has 6 nitrogen and oxygen atoms in total. The summed E-state index contributed by atoms with van der Waals surface area (Å²) in [4.78, 5) is 31.2. The van der Waals surface area contributed by atoms with Crippen molar-refractivity contribution < 1.29 is 9.59 Å². The number of carbonyl (C=O) groups excluding carboxylic acids is 2. The summed E-state index contributed by atoms with van der Waals surface area (Å²) in [5.41, 5.74) is 4.00. The summed E-state index contributed by atoms with van der Waals surface area (Å²) in [5.74, 6) is -0.399. The second-order valence-electron chi connectivity index (χ2n) is 6.00. The van der Waals surface area contributed by atoms with Gasteiger partial charge in [-0.1, -0.05) is 18.2 Å². The zero-order valence-corrected chi connectivity index (χ0v) is 15.3. The van der Waals surface area contributed by atoms with Gasteiger partial charge in [0.25, 0.3) is 5.91 Å². The van der Waals surface area contributed by atoms with Crippen LogP contribution in [0.3, 0.4) is 0 Å². The molecular weight excluding hydrogens is 360 g/mol. The molecule has 2 amide bonds. The Hall–Kier alpha value is -3.45. The van der Waals surface area contributed by atoms with Crippen LogP contribution in [0.1, 0.15) is 17.3 Å². The highest BCUT2D eigenvalue weighted by molar-refractivity contribution is 7.14. The number of carbonyl (C=O) groups is 2. The molecule has 2 aromatic carbocycles. The molecule has 0 fully saturated rings. The number of nitrogens with one attached hydrogen (secondary N) is 3. The van der Waals surface area contributed by atoms with Crippen molar-refractivity contribution in [2.75, 3.05) is 10.6 Å². The second-order valence-corrected chi connectivity index (χ2v) is 6.86. The van der Waals surface area contributed by atoms with Crippen LogP contribution in [0.2, 0.25) is 0 Å². The number of aromatic amines is 1. The van der Waals surface area contributed by atoms with E-state index in [4.69, 9.17) is 0 Å². The monoisotopic (exact) mass is 376 g/mol. The standard InChI is InChI=1S/C20H16N4O2S/c1-12(25)22-14-8-6-13(7-9-14)19(26)24-20-23-18(11-27-20)16-10-21-17-5-3-2-4-15(16)17/h2-11,21H,1H3,(H,22,25)(H,23,24,26). The third-order valence-electron chi connectivity index (χ3n) is 4.06. The van der Waals surface area contributed by atoms with Gasteiger partial charge in [0.2, 0.25) is 5.91 Å². The van der Waals surface area contributed by atoms with Crippen LogP contribution in [-0.4, -0.2) is 21.8 Å². The Morgan fingerprint density at radius 3 is 2.59 bits per heavy atom. The molecule has 2 aromatic heterocycles.